The number of hydrogen-bond acceptors (Lipinski definition) is 3. The number of hydrogen-bond donors (Lipinski definition) is 2. The van der Waals surface area contributed by atoms with Crippen LogP contribution in [-0.4, -0.2) is 55.0 Å². The first kappa shape index (κ1) is 17.7. The molecule has 0 bridgehead atoms. The molecule has 0 spiro atoms. The molecule has 0 unspecified atom stereocenters. The van der Waals surface area contributed by atoms with Crippen LogP contribution in [0.4, 0.5) is 13.2 Å². The first-order chi connectivity index (χ1) is 9.22. The fourth-order valence-corrected chi connectivity index (χ4v) is 2.62. The Morgan fingerprint density at radius 2 is 1.80 bits per heavy atom. The number of aliphatic hydroxyl groups is 1. The molecule has 0 radical (unpaired) electrons. The van der Waals surface area contributed by atoms with E-state index < -0.39 is 12.7 Å². The van der Waals surface area contributed by atoms with Gasteiger partial charge in [-0.25, -0.2) is 0 Å². The highest BCUT2D eigenvalue weighted by molar-refractivity contribution is 4.81. The molecule has 0 amide bonds. The Kier molecular flexibility index (Phi) is 6.75. The zero-order valence-corrected chi connectivity index (χ0v) is 12.5. The highest BCUT2D eigenvalue weighted by Gasteiger charge is 2.32. The number of rotatable bonds is 7. The van der Waals surface area contributed by atoms with Gasteiger partial charge in [-0.2, -0.15) is 13.2 Å². The van der Waals surface area contributed by atoms with Crippen LogP contribution in [0.15, 0.2) is 0 Å². The van der Waals surface area contributed by atoms with Gasteiger partial charge in [0.05, 0.1) is 6.54 Å². The lowest BCUT2D eigenvalue weighted by molar-refractivity contribution is -0.148. The molecule has 0 saturated carbocycles. The van der Waals surface area contributed by atoms with Crippen molar-refractivity contribution in [1.29, 1.82) is 0 Å². The van der Waals surface area contributed by atoms with Crippen molar-refractivity contribution in [3.05, 3.63) is 0 Å². The maximum atomic E-state index is 12.3. The van der Waals surface area contributed by atoms with Crippen LogP contribution in [0.1, 0.15) is 39.5 Å². The summed E-state index contributed by atoms with van der Waals surface area (Å²) >= 11 is 0. The van der Waals surface area contributed by atoms with Gasteiger partial charge in [-0.3, -0.25) is 4.90 Å². The molecular formula is C14H27F3N2O. The van der Waals surface area contributed by atoms with Crippen LogP contribution in [0, 0.1) is 5.41 Å². The summed E-state index contributed by atoms with van der Waals surface area (Å²) in [4.78, 5) is 1.48. The molecule has 0 aromatic heterocycles. The lowest BCUT2D eigenvalue weighted by atomic mass is 9.87. The van der Waals surface area contributed by atoms with E-state index in [4.69, 9.17) is 5.11 Å². The number of nitrogens with zero attached hydrogens (tertiary/aromatic N) is 1. The molecule has 1 aliphatic heterocycles. The fourth-order valence-electron chi connectivity index (χ4n) is 2.62. The molecule has 1 heterocycles. The van der Waals surface area contributed by atoms with Gasteiger partial charge < -0.3 is 10.4 Å². The summed E-state index contributed by atoms with van der Waals surface area (Å²) in [6.07, 6.45) is -0.813. The van der Waals surface area contributed by atoms with Gasteiger partial charge in [-0.15, -0.1) is 0 Å². The molecular weight excluding hydrogens is 269 g/mol. The van der Waals surface area contributed by atoms with Crippen molar-refractivity contribution in [2.45, 2.75) is 51.7 Å². The van der Waals surface area contributed by atoms with Crippen molar-refractivity contribution in [2.24, 2.45) is 5.41 Å². The standard InChI is InChI=1S/C14H27F3N2O/c1-13(2,6-3-9-20)10-18-12-4-7-19(8-5-12)11-14(15,16)17/h12,18,20H,3-11H2,1-2H3. The van der Waals surface area contributed by atoms with E-state index in [1.165, 1.54) is 4.90 Å². The lowest BCUT2D eigenvalue weighted by Crippen LogP contribution is -2.47. The fraction of sp³-hybridized carbons (Fsp3) is 1.00. The minimum atomic E-state index is -4.09. The Bertz CT molecular complexity index is 274. The van der Waals surface area contributed by atoms with E-state index in [1.54, 1.807) is 0 Å². The van der Waals surface area contributed by atoms with E-state index in [1.807, 2.05) is 0 Å². The number of alkyl halides is 3. The maximum Gasteiger partial charge on any atom is 0.401 e. The quantitative estimate of drug-likeness (QED) is 0.757. The van der Waals surface area contributed by atoms with Gasteiger partial charge in [0.1, 0.15) is 0 Å². The van der Waals surface area contributed by atoms with Crippen LogP contribution < -0.4 is 5.32 Å². The van der Waals surface area contributed by atoms with Gasteiger partial charge in [0.25, 0.3) is 0 Å². The van der Waals surface area contributed by atoms with Gasteiger partial charge in [0.15, 0.2) is 0 Å². The van der Waals surface area contributed by atoms with Crippen LogP contribution in [0.3, 0.4) is 0 Å². The summed E-state index contributed by atoms with van der Waals surface area (Å²) < 4.78 is 36.8. The molecule has 1 rings (SSSR count). The molecule has 0 aromatic carbocycles. The summed E-state index contributed by atoms with van der Waals surface area (Å²) in [5.41, 5.74) is 0.117. The first-order valence-electron chi connectivity index (χ1n) is 7.35. The molecule has 1 fully saturated rings. The van der Waals surface area contributed by atoms with Crippen molar-refractivity contribution in [3.8, 4) is 0 Å². The molecule has 1 saturated heterocycles. The molecule has 6 heteroatoms. The Labute approximate surface area is 119 Å². The maximum absolute atomic E-state index is 12.3. The Balaban J connectivity index is 2.22. The molecule has 2 N–H and O–H groups in total. The van der Waals surface area contributed by atoms with Crippen LogP contribution >= 0.6 is 0 Å². The number of aliphatic hydroxyl groups excluding tert-OH is 1. The summed E-state index contributed by atoms with van der Waals surface area (Å²) in [6, 6.07) is 0.313. The summed E-state index contributed by atoms with van der Waals surface area (Å²) in [6.45, 7) is 5.57. The third kappa shape index (κ3) is 7.45. The van der Waals surface area contributed by atoms with Crippen molar-refractivity contribution in [1.82, 2.24) is 10.2 Å². The largest absolute Gasteiger partial charge is 0.401 e. The second-order valence-electron chi connectivity index (χ2n) is 6.54. The predicted octanol–water partition coefficient (Wildman–Crippen LogP) is 2.40. The minimum Gasteiger partial charge on any atom is -0.396 e. The summed E-state index contributed by atoms with van der Waals surface area (Å²) in [7, 11) is 0. The summed E-state index contributed by atoms with van der Waals surface area (Å²) in [5, 5.41) is 12.3. The van der Waals surface area contributed by atoms with Crippen LogP contribution in [-0.2, 0) is 0 Å². The average Bonchev–Trinajstić information content (AvgIpc) is 2.34. The molecule has 0 aromatic rings. The van der Waals surface area contributed by atoms with Crippen LogP contribution in [0.2, 0.25) is 0 Å². The van der Waals surface area contributed by atoms with Gasteiger partial charge in [-0.1, -0.05) is 13.8 Å². The van der Waals surface area contributed by atoms with Crippen molar-refractivity contribution < 1.29 is 18.3 Å². The zero-order valence-electron chi connectivity index (χ0n) is 12.5. The van der Waals surface area contributed by atoms with Gasteiger partial charge in [-0.05, 0) is 44.2 Å². The number of piperidine rings is 1. The second kappa shape index (κ2) is 7.61. The molecule has 1 aliphatic rings. The van der Waals surface area contributed by atoms with Crippen molar-refractivity contribution >= 4 is 0 Å². The number of nitrogens with one attached hydrogen (secondary N) is 1. The number of likely N-dealkylation sites (tertiary alicyclic amines) is 1. The molecule has 0 aliphatic carbocycles. The van der Waals surface area contributed by atoms with Crippen LogP contribution in [0.5, 0.6) is 0 Å². The third-order valence-corrected chi connectivity index (χ3v) is 3.87. The van der Waals surface area contributed by atoms with Gasteiger partial charge >= 0.3 is 6.18 Å². The smallest absolute Gasteiger partial charge is 0.396 e. The zero-order chi connectivity index (χ0) is 15.2. The molecule has 3 nitrogen and oxygen atoms in total. The monoisotopic (exact) mass is 296 g/mol. The van der Waals surface area contributed by atoms with E-state index in [0.717, 1.165) is 32.2 Å². The van der Waals surface area contributed by atoms with E-state index in [-0.39, 0.29) is 12.0 Å². The minimum absolute atomic E-state index is 0.117. The predicted molar refractivity (Wildman–Crippen MR) is 73.6 cm³/mol. The van der Waals surface area contributed by atoms with Crippen molar-refractivity contribution in [3.63, 3.8) is 0 Å². The SMILES string of the molecule is CC(C)(CCCO)CNC1CCN(CC(F)(F)F)CC1. The third-order valence-electron chi connectivity index (χ3n) is 3.87. The lowest BCUT2D eigenvalue weighted by Gasteiger charge is -2.35. The highest BCUT2D eigenvalue weighted by atomic mass is 19.4. The van der Waals surface area contributed by atoms with E-state index in [0.29, 0.717) is 19.1 Å². The summed E-state index contributed by atoms with van der Waals surface area (Å²) in [5.74, 6) is 0. The molecule has 20 heavy (non-hydrogen) atoms. The average molecular weight is 296 g/mol. The Morgan fingerprint density at radius 1 is 1.20 bits per heavy atom. The Morgan fingerprint density at radius 3 is 2.30 bits per heavy atom. The van der Waals surface area contributed by atoms with E-state index >= 15 is 0 Å². The second-order valence-corrected chi connectivity index (χ2v) is 6.54. The topological polar surface area (TPSA) is 35.5 Å². The van der Waals surface area contributed by atoms with Crippen LogP contribution in [0.25, 0.3) is 0 Å². The molecule has 0 atom stereocenters. The van der Waals surface area contributed by atoms with E-state index in [9.17, 15) is 13.2 Å². The highest BCUT2D eigenvalue weighted by Crippen LogP contribution is 2.23. The van der Waals surface area contributed by atoms with Gasteiger partial charge in [0, 0.05) is 19.2 Å². The van der Waals surface area contributed by atoms with E-state index in [2.05, 4.69) is 19.2 Å². The Hall–Kier alpha value is -0.330. The first-order valence-corrected chi connectivity index (χ1v) is 7.35. The molecule has 120 valence electrons. The number of halogens is 3. The van der Waals surface area contributed by atoms with Gasteiger partial charge in [0.2, 0.25) is 0 Å². The van der Waals surface area contributed by atoms with Crippen molar-refractivity contribution in [2.75, 3.05) is 32.8 Å². The normalized spacial score (nSPS) is 19.5.